The summed E-state index contributed by atoms with van der Waals surface area (Å²) in [6.07, 6.45) is 10.3. The SMILES string of the molecule is CC.CCC1CCC(CN2CCC(C(C)C)CC2)CC1. The maximum Gasteiger partial charge on any atom is 0.000966 e. The first-order chi connectivity index (χ1) is 9.69. The third-order valence-electron chi connectivity index (χ3n) is 5.64. The molecule has 1 saturated carbocycles. The molecule has 0 aromatic carbocycles. The van der Waals surface area contributed by atoms with Gasteiger partial charge in [-0.2, -0.15) is 0 Å². The van der Waals surface area contributed by atoms with Crippen molar-refractivity contribution in [2.24, 2.45) is 23.7 Å². The molecule has 1 heteroatoms. The first kappa shape index (κ1) is 18.0. The van der Waals surface area contributed by atoms with Gasteiger partial charge in [-0.25, -0.2) is 0 Å². The van der Waals surface area contributed by atoms with Crippen LogP contribution in [0.25, 0.3) is 0 Å². The number of nitrogens with zero attached hydrogens (tertiary/aromatic N) is 1. The van der Waals surface area contributed by atoms with Crippen LogP contribution in [-0.2, 0) is 0 Å². The van der Waals surface area contributed by atoms with Crippen LogP contribution < -0.4 is 0 Å². The Morgan fingerprint density at radius 1 is 0.850 bits per heavy atom. The van der Waals surface area contributed by atoms with E-state index in [2.05, 4.69) is 25.7 Å². The standard InChI is InChI=1S/C17H33N.C2H6/c1-4-15-5-7-16(8-6-15)13-18-11-9-17(10-12-18)14(2)3;1-2/h14-17H,4-13H2,1-3H3;1-2H3. The van der Waals surface area contributed by atoms with Crippen LogP contribution in [-0.4, -0.2) is 24.5 Å². The lowest BCUT2D eigenvalue weighted by Crippen LogP contribution is -2.39. The smallest absolute Gasteiger partial charge is 0.000966 e. The summed E-state index contributed by atoms with van der Waals surface area (Å²) in [5, 5.41) is 0. The number of rotatable bonds is 4. The lowest BCUT2D eigenvalue weighted by Gasteiger charge is -2.37. The van der Waals surface area contributed by atoms with Gasteiger partial charge in [0.15, 0.2) is 0 Å². The second-order valence-electron chi connectivity index (χ2n) is 7.18. The van der Waals surface area contributed by atoms with E-state index in [4.69, 9.17) is 0 Å². The molecule has 0 atom stereocenters. The molecule has 0 aromatic rings. The van der Waals surface area contributed by atoms with Crippen molar-refractivity contribution in [1.29, 1.82) is 0 Å². The molecule has 2 aliphatic rings. The summed E-state index contributed by atoms with van der Waals surface area (Å²) < 4.78 is 0. The van der Waals surface area contributed by atoms with Crippen LogP contribution >= 0.6 is 0 Å². The molecule has 0 unspecified atom stereocenters. The molecular formula is C19H39N. The van der Waals surface area contributed by atoms with E-state index < -0.39 is 0 Å². The van der Waals surface area contributed by atoms with Gasteiger partial charge in [0, 0.05) is 6.54 Å². The van der Waals surface area contributed by atoms with Crippen LogP contribution in [0.3, 0.4) is 0 Å². The quantitative estimate of drug-likeness (QED) is 0.648. The largest absolute Gasteiger partial charge is 0.303 e. The summed E-state index contributed by atoms with van der Waals surface area (Å²) in [5.74, 6) is 3.96. The topological polar surface area (TPSA) is 3.24 Å². The minimum absolute atomic E-state index is 0.896. The molecule has 1 aliphatic carbocycles. The zero-order chi connectivity index (χ0) is 15.0. The first-order valence-electron chi connectivity index (χ1n) is 9.41. The van der Waals surface area contributed by atoms with E-state index in [9.17, 15) is 0 Å². The Morgan fingerprint density at radius 2 is 1.35 bits per heavy atom. The molecule has 1 saturated heterocycles. The minimum Gasteiger partial charge on any atom is -0.303 e. The molecule has 0 aromatic heterocycles. The molecule has 2 fully saturated rings. The predicted molar refractivity (Wildman–Crippen MR) is 91.1 cm³/mol. The van der Waals surface area contributed by atoms with Crippen molar-refractivity contribution in [1.82, 2.24) is 4.90 Å². The zero-order valence-electron chi connectivity index (χ0n) is 14.8. The summed E-state index contributed by atoms with van der Waals surface area (Å²) in [5.41, 5.74) is 0. The summed E-state index contributed by atoms with van der Waals surface area (Å²) in [7, 11) is 0. The maximum atomic E-state index is 2.76. The highest BCUT2D eigenvalue weighted by atomic mass is 15.1. The van der Waals surface area contributed by atoms with Gasteiger partial charge in [0.05, 0.1) is 0 Å². The van der Waals surface area contributed by atoms with E-state index in [1.807, 2.05) is 13.8 Å². The summed E-state index contributed by atoms with van der Waals surface area (Å²) >= 11 is 0. The normalized spacial score (nSPS) is 29.1. The van der Waals surface area contributed by atoms with Crippen LogP contribution in [0.5, 0.6) is 0 Å². The van der Waals surface area contributed by atoms with Crippen molar-refractivity contribution in [3.8, 4) is 0 Å². The third kappa shape index (κ3) is 5.76. The Kier molecular flexibility index (Phi) is 8.84. The second kappa shape index (κ2) is 9.82. The average molecular weight is 282 g/mol. The van der Waals surface area contributed by atoms with Gasteiger partial charge in [0.2, 0.25) is 0 Å². The monoisotopic (exact) mass is 281 g/mol. The molecule has 1 nitrogen and oxygen atoms in total. The fourth-order valence-electron chi connectivity index (χ4n) is 3.99. The van der Waals surface area contributed by atoms with E-state index >= 15 is 0 Å². The summed E-state index contributed by atoms with van der Waals surface area (Å²) in [6, 6.07) is 0. The lowest BCUT2D eigenvalue weighted by atomic mass is 9.80. The van der Waals surface area contributed by atoms with Crippen molar-refractivity contribution in [2.75, 3.05) is 19.6 Å². The number of hydrogen-bond donors (Lipinski definition) is 0. The fraction of sp³-hybridized carbons (Fsp3) is 1.00. The van der Waals surface area contributed by atoms with Gasteiger partial charge in [-0.1, -0.05) is 53.9 Å². The molecular weight excluding hydrogens is 242 g/mol. The molecule has 2 rings (SSSR count). The van der Waals surface area contributed by atoms with Gasteiger partial charge in [0.1, 0.15) is 0 Å². The first-order valence-corrected chi connectivity index (χ1v) is 9.41. The van der Waals surface area contributed by atoms with E-state index in [1.54, 1.807) is 0 Å². The van der Waals surface area contributed by atoms with Crippen LogP contribution in [0.15, 0.2) is 0 Å². The highest BCUT2D eigenvalue weighted by Gasteiger charge is 2.25. The minimum atomic E-state index is 0.896. The fourth-order valence-corrected chi connectivity index (χ4v) is 3.99. The summed E-state index contributed by atoms with van der Waals surface area (Å²) in [6.45, 7) is 15.3. The van der Waals surface area contributed by atoms with Crippen molar-refractivity contribution < 1.29 is 0 Å². The molecule has 0 bridgehead atoms. The van der Waals surface area contributed by atoms with E-state index in [1.165, 1.54) is 64.6 Å². The molecule has 0 radical (unpaired) electrons. The van der Waals surface area contributed by atoms with Gasteiger partial charge < -0.3 is 4.90 Å². The molecule has 1 aliphatic heterocycles. The van der Waals surface area contributed by atoms with E-state index in [0.717, 1.165) is 23.7 Å². The highest BCUT2D eigenvalue weighted by Crippen LogP contribution is 2.32. The van der Waals surface area contributed by atoms with Crippen LogP contribution in [0.2, 0.25) is 0 Å². The Balaban J connectivity index is 0.000000956. The van der Waals surface area contributed by atoms with E-state index in [0.29, 0.717) is 0 Å². The molecule has 20 heavy (non-hydrogen) atoms. The van der Waals surface area contributed by atoms with Crippen LogP contribution in [0, 0.1) is 23.7 Å². The van der Waals surface area contributed by atoms with Gasteiger partial charge in [-0.15, -0.1) is 0 Å². The highest BCUT2D eigenvalue weighted by molar-refractivity contribution is 4.79. The van der Waals surface area contributed by atoms with Crippen LogP contribution in [0.1, 0.15) is 79.6 Å². The Labute approximate surface area is 128 Å². The molecule has 120 valence electrons. The van der Waals surface area contributed by atoms with Gasteiger partial charge in [-0.3, -0.25) is 0 Å². The maximum absolute atomic E-state index is 2.76. The lowest BCUT2D eigenvalue weighted by molar-refractivity contribution is 0.121. The van der Waals surface area contributed by atoms with Crippen molar-refractivity contribution in [3.63, 3.8) is 0 Å². The van der Waals surface area contributed by atoms with Crippen molar-refractivity contribution in [3.05, 3.63) is 0 Å². The second-order valence-corrected chi connectivity index (χ2v) is 7.18. The molecule has 0 amide bonds. The Hall–Kier alpha value is -0.0400. The van der Waals surface area contributed by atoms with Gasteiger partial charge >= 0.3 is 0 Å². The molecule has 0 N–H and O–H groups in total. The third-order valence-corrected chi connectivity index (χ3v) is 5.64. The van der Waals surface area contributed by atoms with Gasteiger partial charge in [0.25, 0.3) is 0 Å². The zero-order valence-corrected chi connectivity index (χ0v) is 14.8. The average Bonchev–Trinajstić information content (AvgIpc) is 2.50. The Bertz CT molecular complexity index is 220. The van der Waals surface area contributed by atoms with Crippen molar-refractivity contribution in [2.45, 2.75) is 79.6 Å². The van der Waals surface area contributed by atoms with Crippen molar-refractivity contribution >= 4 is 0 Å². The summed E-state index contributed by atoms with van der Waals surface area (Å²) in [4.78, 5) is 2.76. The van der Waals surface area contributed by atoms with Gasteiger partial charge in [-0.05, 0) is 62.4 Å². The molecule has 1 heterocycles. The van der Waals surface area contributed by atoms with Crippen LogP contribution in [0.4, 0.5) is 0 Å². The number of hydrogen-bond acceptors (Lipinski definition) is 1. The molecule has 0 spiro atoms. The number of likely N-dealkylation sites (tertiary alicyclic amines) is 1. The predicted octanol–water partition coefficient (Wildman–Crippen LogP) is 5.60. The number of piperidine rings is 1. The Morgan fingerprint density at radius 3 is 1.80 bits per heavy atom. The van der Waals surface area contributed by atoms with E-state index in [-0.39, 0.29) is 0 Å².